The zero-order valence-electron chi connectivity index (χ0n) is 17.5. The van der Waals surface area contributed by atoms with Crippen molar-refractivity contribution in [2.45, 2.75) is 31.6 Å². The smallest absolute Gasteiger partial charge is 0.250 e. The highest BCUT2D eigenvalue weighted by atomic mass is 16.5. The van der Waals surface area contributed by atoms with Crippen molar-refractivity contribution in [3.63, 3.8) is 0 Å². The third kappa shape index (κ3) is 3.65. The first-order chi connectivity index (χ1) is 15.1. The van der Waals surface area contributed by atoms with Crippen LogP contribution in [0.25, 0.3) is 16.6 Å². The van der Waals surface area contributed by atoms with E-state index in [9.17, 15) is 4.79 Å². The molecule has 6 nitrogen and oxygen atoms in total. The molecule has 0 saturated heterocycles. The Morgan fingerprint density at radius 3 is 2.42 bits per heavy atom. The van der Waals surface area contributed by atoms with Crippen molar-refractivity contribution in [3.8, 4) is 22.6 Å². The summed E-state index contributed by atoms with van der Waals surface area (Å²) in [7, 11) is 1.90. The molecule has 0 amide bonds. The van der Waals surface area contributed by atoms with Crippen LogP contribution < -0.4 is 15.0 Å². The van der Waals surface area contributed by atoms with Gasteiger partial charge in [0.2, 0.25) is 12.1 Å². The van der Waals surface area contributed by atoms with E-state index in [2.05, 4.69) is 11.2 Å². The Morgan fingerprint density at radius 1 is 1.03 bits per heavy atom. The first-order valence-electron chi connectivity index (χ1n) is 10.6. The second-order valence-corrected chi connectivity index (χ2v) is 8.12. The Morgan fingerprint density at radius 2 is 1.71 bits per heavy atom. The molecule has 2 aromatic heterocycles. The highest BCUT2D eigenvalue weighted by molar-refractivity contribution is 5.88. The van der Waals surface area contributed by atoms with Gasteiger partial charge in [-0.15, -0.1) is 0 Å². The average Bonchev–Trinajstić information content (AvgIpc) is 3.18. The molecule has 156 valence electrons. The molecule has 0 atom stereocenters. The predicted octanol–water partition coefficient (Wildman–Crippen LogP) is 4.43. The minimum Gasteiger partial charge on any atom is -0.457 e. The number of benzene rings is 2. The van der Waals surface area contributed by atoms with Crippen LogP contribution in [0.2, 0.25) is 0 Å². The fourth-order valence-electron chi connectivity index (χ4n) is 4.32. The van der Waals surface area contributed by atoms with Crippen LogP contribution in [-0.4, -0.2) is 15.4 Å². The summed E-state index contributed by atoms with van der Waals surface area (Å²) in [4.78, 5) is 11.7. The van der Waals surface area contributed by atoms with E-state index < -0.39 is 0 Å². The van der Waals surface area contributed by atoms with Gasteiger partial charge in [-0.05, 0) is 53.8 Å². The minimum absolute atomic E-state index is 0.305. The summed E-state index contributed by atoms with van der Waals surface area (Å²) in [6.07, 6.45) is 4.72. The second kappa shape index (κ2) is 7.87. The quantitative estimate of drug-likeness (QED) is 0.503. The topological polar surface area (TPSA) is 73.5 Å². The van der Waals surface area contributed by atoms with Crippen LogP contribution in [0.5, 0.6) is 11.5 Å². The number of nitrogens with two attached hydrogens (primary N) is 1. The molecule has 6 heteroatoms. The van der Waals surface area contributed by atoms with Crippen LogP contribution in [0, 0.1) is 0 Å². The van der Waals surface area contributed by atoms with Gasteiger partial charge in [-0.3, -0.25) is 4.79 Å². The number of aryl methyl sites for hydroxylation is 1. The molecule has 0 aliphatic heterocycles. The fraction of sp³-hybridized carbons (Fsp3) is 0.240. The van der Waals surface area contributed by atoms with E-state index in [-0.39, 0.29) is 0 Å². The Labute approximate surface area is 180 Å². The number of nitrogen functional groups attached to an aromatic ring is 1. The summed E-state index contributed by atoms with van der Waals surface area (Å²) in [6.45, 7) is 0. The van der Waals surface area contributed by atoms with Gasteiger partial charge in [-0.2, -0.15) is 4.52 Å². The van der Waals surface area contributed by atoms with Crippen LogP contribution >= 0.6 is 0 Å². The van der Waals surface area contributed by atoms with E-state index in [1.807, 2.05) is 70.7 Å². The lowest BCUT2D eigenvalue weighted by Gasteiger charge is -2.19. The Balaban J connectivity index is 1.54. The Kier molecular flexibility index (Phi) is 4.90. The maximum atomic E-state index is 11.7. The van der Waals surface area contributed by atoms with Crippen molar-refractivity contribution in [1.82, 2.24) is 9.61 Å². The van der Waals surface area contributed by atoms with E-state index in [1.165, 1.54) is 0 Å². The molecule has 31 heavy (non-hydrogen) atoms. The van der Waals surface area contributed by atoms with Gasteiger partial charge >= 0.3 is 0 Å². The van der Waals surface area contributed by atoms with Crippen molar-refractivity contribution in [3.05, 3.63) is 72.7 Å². The first kappa shape index (κ1) is 19.3. The van der Waals surface area contributed by atoms with Gasteiger partial charge in [0.1, 0.15) is 17.3 Å². The van der Waals surface area contributed by atoms with Gasteiger partial charge in [0.05, 0.1) is 12.7 Å². The number of Topliss-reactive ketones (excluding diaryl/α,β-unsaturated/α-hetero) is 1. The molecule has 5 rings (SSSR count). The maximum Gasteiger partial charge on any atom is 0.250 e. The van der Waals surface area contributed by atoms with Crippen molar-refractivity contribution in [2.24, 2.45) is 7.05 Å². The number of ketones is 1. The predicted molar refractivity (Wildman–Crippen MR) is 119 cm³/mol. The highest BCUT2D eigenvalue weighted by Gasteiger charge is 2.27. The number of ether oxygens (including phenoxy) is 1. The summed E-state index contributed by atoms with van der Waals surface area (Å²) in [5.74, 6) is 2.90. The maximum absolute atomic E-state index is 11.7. The molecule has 2 N–H and O–H groups in total. The van der Waals surface area contributed by atoms with Crippen LogP contribution in [0.15, 0.2) is 67.0 Å². The average molecular weight is 414 g/mol. The molecule has 1 aliphatic rings. The van der Waals surface area contributed by atoms with E-state index in [4.69, 9.17) is 10.5 Å². The molecule has 2 aromatic carbocycles. The summed E-state index contributed by atoms with van der Waals surface area (Å²) >= 11 is 0. The van der Waals surface area contributed by atoms with Gasteiger partial charge in [0.25, 0.3) is 0 Å². The fourth-order valence-corrected chi connectivity index (χ4v) is 4.32. The normalized spacial score (nSPS) is 14.8. The summed E-state index contributed by atoms with van der Waals surface area (Å²) in [5, 5.41) is 4.65. The van der Waals surface area contributed by atoms with Crippen molar-refractivity contribution >= 4 is 17.1 Å². The summed E-state index contributed by atoms with van der Waals surface area (Å²) in [6, 6.07) is 20.0. The molecule has 0 radical (unpaired) electrons. The lowest BCUT2D eigenvalue weighted by Crippen LogP contribution is -2.34. The third-order valence-electron chi connectivity index (χ3n) is 6.07. The molecule has 1 aliphatic carbocycles. The lowest BCUT2D eigenvalue weighted by molar-refractivity contribution is -0.659. The number of anilines is 1. The van der Waals surface area contributed by atoms with Gasteiger partial charge < -0.3 is 10.5 Å². The van der Waals surface area contributed by atoms with E-state index in [0.29, 0.717) is 30.4 Å². The molecule has 1 saturated carbocycles. The lowest BCUT2D eigenvalue weighted by atomic mass is 9.86. The van der Waals surface area contributed by atoms with Gasteiger partial charge in [0.15, 0.2) is 5.52 Å². The van der Waals surface area contributed by atoms with Crippen molar-refractivity contribution < 1.29 is 14.1 Å². The molecule has 2 heterocycles. The number of rotatable bonds is 4. The number of carbonyl (C=O) groups is 1. The van der Waals surface area contributed by atoms with Crippen LogP contribution in [0.1, 0.15) is 37.3 Å². The molecule has 0 unspecified atom stereocenters. The largest absolute Gasteiger partial charge is 0.457 e. The van der Waals surface area contributed by atoms with E-state index in [1.54, 1.807) is 6.33 Å². The van der Waals surface area contributed by atoms with Crippen molar-refractivity contribution in [1.29, 1.82) is 0 Å². The number of aromatic nitrogens is 3. The number of hydrogen-bond acceptors (Lipinski definition) is 4. The number of hydrogen-bond donors (Lipinski definition) is 1. The Bertz CT molecular complexity index is 1240. The minimum atomic E-state index is 0.305. The standard InChI is InChI=1S/C25H24N4O2/c1-28-16-27-29-23(18-7-11-19(30)12-8-18)15-22(24(29)25(28)26)17-9-13-21(14-10-17)31-20-5-3-2-4-6-20/h2-6,9-10,13-16,18,26H,7-8,11-12H2,1H3/p+1. The molecular formula is C25H25N4O2+. The number of carbonyl (C=O) groups excluding carboxylic acids is 1. The van der Waals surface area contributed by atoms with Crippen molar-refractivity contribution in [2.75, 3.05) is 5.73 Å². The summed E-state index contributed by atoms with van der Waals surface area (Å²) in [5.41, 5.74) is 10.6. The summed E-state index contributed by atoms with van der Waals surface area (Å²) < 4.78 is 9.72. The zero-order valence-corrected chi connectivity index (χ0v) is 17.5. The molecule has 0 bridgehead atoms. The van der Waals surface area contributed by atoms with E-state index >= 15 is 0 Å². The van der Waals surface area contributed by atoms with E-state index in [0.717, 1.165) is 46.7 Å². The van der Waals surface area contributed by atoms with Gasteiger partial charge in [-0.25, -0.2) is 4.57 Å². The number of para-hydroxylation sites is 1. The first-order valence-corrected chi connectivity index (χ1v) is 10.6. The SMILES string of the molecule is C[n+]1cnn2c(C3CCC(=O)CC3)cc(-c3ccc(Oc4ccccc4)cc3)c2c1N. The van der Waals surface area contributed by atoms with Gasteiger partial charge in [-0.1, -0.05) is 30.3 Å². The monoisotopic (exact) mass is 413 g/mol. The molecular weight excluding hydrogens is 388 g/mol. The molecule has 0 spiro atoms. The zero-order chi connectivity index (χ0) is 21.4. The number of nitrogens with zero attached hydrogens (tertiary/aromatic N) is 3. The van der Waals surface area contributed by atoms with Crippen LogP contribution in [0.3, 0.4) is 0 Å². The highest BCUT2D eigenvalue weighted by Crippen LogP contribution is 2.38. The second-order valence-electron chi connectivity index (χ2n) is 8.12. The molecule has 4 aromatic rings. The molecule has 1 fully saturated rings. The van der Waals surface area contributed by atoms with Gasteiger partial charge in [0, 0.05) is 24.3 Å². The van der Waals surface area contributed by atoms with Crippen LogP contribution in [0.4, 0.5) is 5.82 Å². The Hall–Kier alpha value is -3.67. The number of fused-ring (bicyclic) bond motifs is 1. The third-order valence-corrected chi connectivity index (χ3v) is 6.07. The van der Waals surface area contributed by atoms with Crippen LogP contribution in [-0.2, 0) is 11.8 Å².